The molecule has 0 unspecified atom stereocenters. The van der Waals surface area contributed by atoms with Gasteiger partial charge < -0.3 is 19.2 Å². The number of H-pyrrole nitrogens is 1. The Labute approximate surface area is 132 Å². The summed E-state index contributed by atoms with van der Waals surface area (Å²) in [6.45, 7) is 0. The molecule has 1 N–H and O–H groups in total. The average Bonchev–Trinajstić information content (AvgIpc) is 3.03. The fraction of sp³-hybridized carbons (Fsp3) is 0.188. The number of pyridine rings is 1. The predicted molar refractivity (Wildman–Crippen MR) is 86.2 cm³/mol. The maximum Gasteiger partial charge on any atom is 0.203 e. The molecule has 2 aromatic heterocycles. The van der Waals surface area contributed by atoms with Crippen molar-refractivity contribution >= 4 is 22.6 Å². The quantitative estimate of drug-likeness (QED) is 0.792. The van der Waals surface area contributed by atoms with E-state index in [0.717, 1.165) is 22.2 Å². The molecule has 1 aromatic carbocycles. The molecule has 0 radical (unpaired) electrons. The molecule has 114 valence electrons. The number of nitrogens with one attached hydrogen (secondary N) is 1. The summed E-state index contributed by atoms with van der Waals surface area (Å²) in [5.74, 6) is 1.68. The van der Waals surface area contributed by atoms with E-state index in [1.807, 2.05) is 24.4 Å². The molecule has 0 aliphatic carbocycles. The summed E-state index contributed by atoms with van der Waals surface area (Å²) in [7, 11) is 4.73. The Bertz CT molecular complexity index is 804. The first-order valence-electron chi connectivity index (χ1n) is 6.61. The van der Waals surface area contributed by atoms with E-state index in [1.165, 1.54) is 0 Å². The van der Waals surface area contributed by atoms with E-state index in [-0.39, 0.29) is 0 Å². The molecule has 0 fully saturated rings. The van der Waals surface area contributed by atoms with Crippen molar-refractivity contribution in [3.8, 4) is 28.4 Å². The van der Waals surface area contributed by atoms with Crippen molar-refractivity contribution in [2.24, 2.45) is 0 Å². The minimum absolute atomic E-state index is 0.542. The number of fused-ring (bicyclic) bond motifs is 1. The third-order valence-corrected chi connectivity index (χ3v) is 3.90. The Hall–Kier alpha value is -2.40. The number of aromatic nitrogens is 2. The van der Waals surface area contributed by atoms with Gasteiger partial charge in [0.05, 0.1) is 26.4 Å². The molecule has 0 atom stereocenters. The van der Waals surface area contributed by atoms with Gasteiger partial charge in [0.15, 0.2) is 11.5 Å². The first kappa shape index (κ1) is 14.5. The Morgan fingerprint density at radius 1 is 1.05 bits per heavy atom. The summed E-state index contributed by atoms with van der Waals surface area (Å²) in [5.41, 5.74) is 2.39. The first-order valence-corrected chi connectivity index (χ1v) is 6.99. The van der Waals surface area contributed by atoms with Crippen LogP contribution in [0.2, 0.25) is 5.02 Å². The van der Waals surface area contributed by atoms with Gasteiger partial charge in [-0.3, -0.25) is 0 Å². The van der Waals surface area contributed by atoms with Crippen LogP contribution in [0.1, 0.15) is 0 Å². The van der Waals surface area contributed by atoms with Crippen LogP contribution in [0.3, 0.4) is 0 Å². The van der Waals surface area contributed by atoms with Gasteiger partial charge in [-0.05, 0) is 23.8 Å². The zero-order chi connectivity index (χ0) is 15.7. The fourth-order valence-electron chi connectivity index (χ4n) is 2.41. The summed E-state index contributed by atoms with van der Waals surface area (Å²) >= 11 is 6.51. The van der Waals surface area contributed by atoms with Gasteiger partial charge in [-0.1, -0.05) is 11.6 Å². The molecular weight excluding hydrogens is 304 g/mol. The van der Waals surface area contributed by atoms with E-state index in [0.29, 0.717) is 22.3 Å². The number of benzene rings is 1. The summed E-state index contributed by atoms with van der Waals surface area (Å²) in [4.78, 5) is 7.42. The minimum Gasteiger partial charge on any atom is -0.493 e. The van der Waals surface area contributed by atoms with E-state index in [2.05, 4.69) is 9.97 Å². The van der Waals surface area contributed by atoms with Gasteiger partial charge in [-0.25, -0.2) is 4.98 Å². The highest BCUT2D eigenvalue weighted by Crippen LogP contribution is 2.43. The number of nitrogens with zero attached hydrogens (tertiary/aromatic N) is 1. The van der Waals surface area contributed by atoms with Crippen molar-refractivity contribution in [2.45, 2.75) is 0 Å². The number of hydrogen-bond acceptors (Lipinski definition) is 4. The lowest BCUT2D eigenvalue weighted by Gasteiger charge is -2.14. The predicted octanol–water partition coefficient (Wildman–Crippen LogP) is 3.91. The zero-order valence-corrected chi connectivity index (χ0v) is 13.2. The molecular formula is C16H15ClN2O3. The van der Waals surface area contributed by atoms with Crippen LogP contribution < -0.4 is 14.2 Å². The molecule has 0 bridgehead atoms. The van der Waals surface area contributed by atoms with Crippen LogP contribution in [-0.4, -0.2) is 31.3 Å². The van der Waals surface area contributed by atoms with Crippen LogP contribution in [0.5, 0.6) is 17.2 Å². The highest BCUT2D eigenvalue weighted by Gasteiger charge is 2.17. The molecule has 3 rings (SSSR count). The van der Waals surface area contributed by atoms with Crippen molar-refractivity contribution in [3.05, 3.63) is 35.6 Å². The summed E-state index contributed by atoms with van der Waals surface area (Å²) in [6, 6.07) is 5.59. The molecule has 22 heavy (non-hydrogen) atoms. The van der Waals surface area contributed by atoms with Gasteiger partial charge >= 0.3 is 0 Å². The number of methoxy groups -OCH3 is 3. The lowest BCUT2D eigenvalue weighted by Crippen LogP contribution is -1.96. The lowest BCUT2D eigenvalue weighted by atomic mass is 10.1. The van der Waals surface area contributed by atoms with E-state index >= 15 is 0 Å². The molecule has 0 saturated carbocycles. The van der Waals surface area contributed by atoms with Crippen LogP contribution in [0.25, 0.3) is 22.2 Å². The first-order chi connectivity index (χ1) is 10.7. The molecule has 3 aromatic rings. The van der Waals surface area contributed by atoms with E-state index in [9.17, 15) is 0 Å². The lowest BCUT2D eigenvalue weighted by molar-refractivity contribution is 0.324. The van der Waals surface area contributed by atoms with E-state index in [4.69, 9.17) is 25.8 Å². The second kappa shape index (κ2) is 5.77. The maximum atomic E-state index is 6.51. The number of rotatable bonds is 4. The standard InChI is InChI=1S/C16H15ClN2O3/c1-20-12-6-9(7-13(21-2)15(12)22-3)11-8-19-16-10(14(11)17)4-5-18-16/h4-8H,1-3H3,(H,18,19). The Morgan fingerprint density at radius 3 is 2.32 bits per heavy atom. The number of ether oxygens (including phenoxy) is 3. The zero-order valence-electron chi connectivity index (χ0n) is 12.4. The summed E-state index contributed by atoms with van der Waals surface area (Å²) in [6.07, 6.45) is 3.53. The van der Waals surface area contributed by atoms with Gasteiger partial charge in [0.25, 0.3) is 0 Å². The second-order valence-corrected chi connectivity index (χ2v) is 5.02. The van der Waals surface area contributed by atoms with Crippen LogP contribution in [-0.2, 0) is 0 Å². The van der Waals surface area contributed by atoms with Crippen LogP contribution >= 0.6 is 11.6 Å². The minimum atomic E-state index is 0.542. The Kier molecular flexibility index (Phi) is 3.81. The van der Waals surface area contributed by atoms with Crippen molar-refractivity contribution < 1.29 is 14.2 Å². The second-order valence-electron chi connectivity index (χ2n) is 4.64. The third kappa shape index (κ3) is 2.23. The fourth-order valence-corrected chi connectivity index (χ4v) is 2.72. The van der Waals surface area contributed by atoms with Crippen molar-refractivity contribution in [2.75, 3.05) is 21.3 Å². The van der Waals surface area contributed by atoms with Gasteiger partial charge in [0, 0.05) is 23.3 Å². The van der Waals surface area contributed by atoms with Gasteiger partial charge in [-0.2, -0.15) is 0 Å². The smallest absolute Gasteiger partial charge is 0.203 e. The highest BCUT2D eigenvalue weighted by atomic mass is 35.5. The molecule has 0 saturated heterocycles. The number of hydrogen-bond donors (Lipinski definition) is 1. The van der Waals surface area contributed by atoms with Gasteiger partial charge in [0.2, 0.25) is 5.75 Å². The number of aromatic amines is 1. The molecule has 0 aliphatic heterocycles. The largest absolute Gasteiger partial charge is 0.493 e. The van der Waals surface area contributed by atoms with E-state index in [1.54, 1.807) is 27.5 Å². The van der Waals surface area contributed by atoms with Gasteiger partial charge in [-0.15, -0.1) is 0 Å². The molecule has 0 spiro atoms. The normalized spacial score (nSPS) is 10.7. The van der Waals surface area contributed by atoms with Crippen molar-refractivity contribution in [1.29, 1.82) is 0 Å². The number of halogens is 1. The van der Waals surface area contributed by atoms with Crippen molar-refractivity contribution in [3.63, 3.8) is 0 Å². The monoisotopic (exact) mass is 318 g/mol. The van der Waals surface area contributed by atoms with Crippen molar-refractivity contribution in [1.82, 2.24) is 9.97 Å². The van der Waals surface area contributed by atoms with Crippen LogP contribution in [0.4, 0.5) is 0 Å². The molecule has 2 heterocycles. The van der Waals surface area contributed by atoms with Crippen LogP contribution in [0.15, 0.2) is 30.6 Å². The van der Waals surface area contributed by atoms with Gasteiger partial charge in [0.1, 0.15) is 5.65 Å². The SMILES string of the molecule is COc1cc(-c2cnc3[nH]ccc3c2Cl)cc(OC)c1OC. The Balaban J connectivity index is 2.23. The molecule has 0 aliphatic rings. The van der Waals surface area contributed by atoms with E-state index < -0.39 is 0 Å². The molecule has 5 nitrogen and oxygen atoms in total. The summed E-state index contributed by atoms with van der Waals surface area (Å²) < 4.78 is 16.1. The Morgan fingerprint density at radius 2 is 1.73 bits per heavy atom. The maximum absolute atomic E-state index is 6.51. The van der Waals surface area contributed by atoms with Crippen LogP contribution in [0, 0.1) is 0 Å². The summed E-state index contributed by atoms with van der Waals surface area (Å²) in [5, 5.41) is 1.49. The molecule has 6 heteroatoms. The highest BCUT2D eigenvalue weighted by molar-refractivity contribution is 6.38. The molecule has 0 amide bonds. The average molecular weight is 319 g/mol. The topological polar surface area (TPSA) is 56.4 Å². The third-order valence-electron chi connectivity index (χ3n) is 3.50.